The molecule has 1 atom stereocenters. The van der Waals surface area contributed by atoms with Gasteiger partial charge in [-0.05, 0) is 25.1 Å². The molecule has 0 spiro atoms. The topological polar surface area (TPSA) is 46.1 Å². The third kappa shape index (κ3) is 2.33. The number of rotatable bonds is 2. The molecule has 2 aromatic heterocycles. The highest BCUT2D eigenvalue weighted by molar-refractivity contribution is 8.00. The van der Waals surface area contributed by atoms with E-state index in [1.165, 1.54) is 0 Å². The first-order valence-corrected chi connectivity index (χ1v) is 7.07. The second kappa shape index (κ2) is 5.01. The maximum absolute atomic E-state index is 12.1. The minimum Gasteiger partial charge on any atom is -0.293 e. The zero-order chi connectivity index (χ0) is 13.2. The van der Waals surface area contributed by atoms with E-state index in [0.717, 1.165) is 16.9 Å². The van der Waals surface area contributed by atoms with Crippen LogP contribution in [0, 0.1) is 6.92 Å². The minimum atomic E-state index is -0.00861. The summed E-state index contributed by atoms with van der Waals surface area (Å²) in [5.41, 5.74) is 2.83. The molecule has 1 saturated heterocycles. The summed E-state index contributed by atoms with van der Waals surface area (Å²) in [5, 5.41) is -0.00861. The molecule has 1 unspecified atom stereocenters. The molecule has 1 aliphatic heterocycles. The first-order chi connectivity index (χ1) is 9.25. The number of nitrogens with zero attached hydrogens (tertiary/aromatic N) is 3. The van der Waals surface area contributed by atoms with Crippen LogP contribution in [0.2, 0.25) is 0 Å². The van der Waals surface area contributed by atoms with Crippen LogP contribution in [0.25, 0.3) is 0 Å². The van der Waals surface area contributed by atoms with Gasteiger partial charge in [0.2, 0.25) is 5.91 Å². The van der Waals surface area contributed by atoms with Gasteiger partial charge in [0.05, 0.1) is 17.6 Å². The van der Waals surface area contributed by atoms with Crippen molar-refractivity contribution in [3.8, 4) is 0 Å². The second-order valence-electron chi connectivity index (χ2n) is 4.37. The number of thioether (sulfide) groups is 1. The number of pyridine rings is 2. The number of hydrogen-bond donors (Lipinski definition) is 0. The summed E-state index contributed by atoms with van der Waals surface area (Å²) in [5.74, 6) is 0.609. The zero-order valence-electron chi connectivity index (χ0n) is 10.5. The van der Waals surface area contributed by atoms with Gasteiger partial charge in [0.1, 0.15) is 5.37 Å². The minimum absolute atomic E-state index is 0.00861. The van der Waals surface area contributed by atoms with Gasteiger partial charge in [-0.15, -0.1) is 11.8 Å². The van der Waals surface area contributed by atoms with E-state index in [1.807, 2.05) is 37.4 Å². The Morgan fingerprint density at radius 1 is 1.32 bits per heavy atom. The van der Waals surface area contributed by atoms with Crippen molar-refractivity contribution in [2.45, 2.75) is 12.3 Å². The molecule has 0 saturated carbocycles. The average Bonchev–Trinajstić information content (AvgIpc) is 2.83. The lowest BCUT2D eigenvalue weighted by molar-refractivity contribution is -0.115. The fraction of sp³-hybridized carbons (Fsp3) is 0.214. The third-order valence-electron chi connectivity index (χ3n) is 3.01. The lowest BCUT2D eigenvalue weighted by atomic mass is 10.2. The molecule has 0 radical (unpaired) electrons. The van der Waals surface area contributed by atoms with E-state index in [-0.39, 0.29) is 11.3 Å². The molecule has 3 rings (SSSR count). The fourth-order valence-electron chi connectivity index (χ4n) is 2.07. The summed E-state index contributed by atoms with van der Waals surface area (Å²) < 4.78 is 0. The lowest BCUT2D eigenvalue weighted by Gasteiger charge is -2.23. The maximum Gasteiger partial charge on any atom is 0.238 e. The van der Waals surface area contributed by atoms with Crippen LogP contribution < -0.4 is 4.90 Å². The Kier molecular flexibility index (Phi) is 3.21. The van der Waals surface area contributed by atoms with Crippen LogP contribution in [0.15, 0.2) is 42.9 Å². The molecule has 0 bridgehead atoms. The van der Waals surface area contributed by atoms with E-state index in [9.17, 15) is 4.79 Å². The molecule has 0 aromatic carbocycles. The standard InChI is InChI=1S/C14H13N3OS/c1-10-4-5-12(8-16-10)17-13(18)9-19-14(17)11-3-2-6-15-7-11/h2-8,14H,9H2,1H3. The number of amides is 1. The van der Waals surface area contributed by atoms with Gasteiger partial charge in [-0.2, -0.15) is 0 Å². The second-order valence-corrected chi connectivity index (χ2v) is 5.44. The Morgan fingerprint density at radius 2 is 2.21 bits per heavy atom. The Morgan fingerprint density at radius 3 is 2.89 bits per heavy atom. The van der Waals surface area contributed by atoms with Crippen molar-refractivity contribution >= 4 is 23.4 Å². The molecule has 0 N–H and O–H groups in total. The predicted octanol–water partition coefficient (Wildman–Crippen LogP) is 2.56. The van der Waals surface area contributed by atoms with Crippen molar-refractivity contribution in [2.75, 3.05) is 10.7 Å². The Hall–Kier alpha value is -1.88. The highest BCUT2D eigenvalue weighted by Gasteiger charge is 2.34. The molecule has 1 fully saturated rings. The summed E-state index contributed by atoms with van der Waals surface area (Å²) in [4.78, 5) is 22.3. The molecule has 0 aliphatic carbocycles. The average molecular weight is 271 g/mol. The number of anilines is 1. The van der Waals surface area contributed by atoms with E-state index in [2.05, 4.69) is 9.97 Å². The fourth-order valence-corrected chi connectivity index (χ4v) is 3.23. The highest BCUT2D eigenvalue weighted by atomic mass is 32.2. The summed E-state index contributed by atoms with van der Waals surface area (Å²) >= 11 is 1.62. The molecular formula is C14H13N3OS. The van der Waals surface area contributed by atoms with Crippen LogP contribution in [0.5, 0.6) is 0 Å². The van der Waals surface area contributed by atoms with E-state index < -0.39 is 0 Å². The van der Waals surface area contributed by atoms with Gasteiger partial charge in [-0.25, -0.2) is 0 Å². The predicted molar refractivity (Wildman–Crippen MR) is 75.9 cm³/mol. The number of carbonyl (C=O) groups is 1. The van der Waals surface area contributed by atoms with Gasteiger partial charge >= 0.3 is 0 Å². The SMILES string of the molecule is Cc1ccc(N2C(=O)CSC2c2cccnc2)cn1. The monoisotopic (exact) mass is 271 g/mol. The largest absolute Gasteiger partial charge is 0.293 e. The van der Waals surface area contributed by atoms with Crippen LogP contribution in [0.3, 0.4) is 0 Å². The summed E-state index contributed by atoms with van der Waals surface area (Å²) in [6, 6.07) is 7.75. The van der Waals surface area contributed by atoms with E-state index >= 15 is 0 Å². The normalized spacial score (nSPS) is 18.9. The van der Waals surface area contributed by atoms with Crippen LogP contribution >= 0.6 is 11.8 Å². The van der Waals surface area contributed by atoms with Crippen LogP contribution in [-0.2, 0) is 4.79 Å². The first kappa shape index (κ1) is 12.2. The van der Waals surface area contributed by atoms with Crippen molar-refractivity contribution in [2.24, 2.45) is 0 Å². The first-order valence-electron chi connectivity index (χ1n) is 6.02. The van der Waals surface area contributed by atoms with Gasteiger partial charge in [0.15, 0.2) is 0 Å². The summed E-state index contributed by atoms with van der Waals surface area (Å²) in [6.45, 7) is 1.93. The van der Waals surface area contributed by atoms with Crippen LogP contribution in [-0.4, -0.2) is 21.6 Å². The van der Waals surface area contributed by atoms with Crippen molar-refractivity contribution in [1.29, 1.82) is 0 Å². The zero-order valence-corrected chi connectivity index (χ0v) is 11.3. The Bertz CT molecular complexity index is 585. The van der Waals surface area contributed by atoms with Gasteiger partial charge in [-0.1, -0.05) is 6.07 Å². The Labute approximate surface area is 115 Å². The summed E-state index contributed by atoms with van der Waals surface area (Å²) in [6.07, 6.45) is 5.30. The van der Waals surface area contributed by atoms with Crippen molar-refractivity contribution in [3.05, 3.63) is 54.1 Å². The maximum atomic E-state index is 12.1. The molecule has 4 nitrogen and oxygen atoms in total. The number of aromatic nitrogens is 2. The van der Waals surface area contributed by atoms with Crippen molar-refractivity contribution in [3.63, 3.8) is 0 Å². The van der Waals surface area contributed by atoms with Crippen molar-refractivity contribution in [1.82, 2.24) is 9.97 Å². The number of carbonyl (C=O) groups excluding carboxylic acids is 1. The Balaban J connectivity index is 1.97. The lowest BCUT2D eigenvalue weighted by Crippen LogP contribution is -2.27. The van der Waals surface area contributed by atoms with E-state index in [4.69, 9.17) is 0 Å². The van der Waals surface area contributed by atoms with E-state index in [1.54, 1.807) is 29.1 Å². The number of hydrogen-bond acceptors (Lipinski definition) is 4. The molecule has 2 aromatic rings. The van der Waals surface area contributed by atoms with Gasteiger partial charge < -0.3 is 0 Å². The van der Waals surface area contributed by atoms with Gasteiger partial charge in [0.25, 0.3) is 0 Å². The molecule has 1 amide bonds. The summed E-state index contributed by atoms with van der Waals surface area (Å²) in [7, 11) is 0. The molecule has 1 aliphatic rings. The van der Waals surface area contributed by atoms with Gasteiger partial charge in [0, 0.05) is 23.7 Å². The molecule has 3 heterocycles. The van der Waals surface area contributed by atoms with E-state index in [0.29, 0.717) is 5.75 Å². The highest BCUT2D eigenvalue weighted by Crippen LogP contribution is 2.41. The number of aryl methyl sites for hydroxylation is 1. The third-order valence-corrected chi connectivity index (χ3v) is 4.22. The van der Waals surface area contributed by atoms with Crippen molar-refractivity contribution < 1.29 is 4.79 Å². The molecule has 5 heteroatoms. The smallest absolute Gasteiger partial charge is 0.238 e. The van der Waals surface area contributed by atoms with Gasteiger partial charge in [-0.3, -0.25) is 19.7 Å². The molecular weight excluding hydrogens is 258 g/mol. The molecule has 19 heavy (non-hydrogen) atoms. The van der Waals surface area contributed by atoms with Crippen LogP contribution in [0.4, 0.5) is 5.69 Å². The quantitative estimate of drug-likeness (QED) is 0.842. The molecule has 96 valence electrons. The van der Waals surface area contributed by atoms with Crippen LogP contribution in [0.1, 0.15) is 16.6 Å².